The van der Waals surface area contributed by atoms with Gasteiger partial charge < -0.3 is 15.4 Å². The van der Waals surface area contributed by atoms with E-state index in [1.807, 2.05) is 0 Å². The molecule has 0 aromatic carbocycles. The van der Waals surface area contributed by atoms with Crippen LogP contribution in [-0.4, -0.2) is 57.6 Å². The average molecular weight is 426 g/mol. The van der Waals surface area contributed by atoms with E-state index in [4.69, 9.17) is 4.74 Å². The van der Waals surface area contributed by atoms with Crippen LogP contribution in [-0.2, 0) is 33.5 Å². The van der Waals surface area contributed by atoms with Crippen molar-refractivity contribution in [3.8, 4) is 0 Å². The molecule has 0 aromatic heterocycles. The highest BCUT2D eigenvalue weighted by molar-refractivity contribution is 6.14. The molecular formula is C20H18N4O7. The molecule has 2 heterocycles. The zero-order valence-electron chi connectivity index (χ0n) is 16.1. The lowest BCUT2D eigenvalue weighted by Gasteiger charge is -2.24. The van der Waals surface area contributed by atoms with Gasteiger partial charge in [-0.1, -0.05) is 13.2 Å². The molecule has 2 rings (SSSR count). The molecule has 2 aliphatic heterocycles. The van der Waals surface area contributed by atoms with E-state index in [0.717, 1.165) is 58.8 Å². The van der Waals surface area contributed by atoms with Crippen LogP contribution in [0, 0.1) is 0 Å². The Morgan fingerprint density at radius 1 is 0.742 bits per heavy atom. The summed E-state index contributed by atoms with van der Waals surface area (Å²) >= 11 is 0. The highest BCUT2D eigenvalue weighted by atomic mass is 16.5. The molecule has 0 bridgehead atoms. The van der Waals surface area contributed by atoms with Gasteiger partial charge in [-0.25, -0.2) is 0 Å². The second-order valence-electron chi connectivity index (χ2n) is 5.87. The van der Waals surface area contributed by atoms with Gasteiger partial charge in [0.2, 0.25) is 11.8 Å². The summed E-state index contributed by atoms with van der Waals surface area (Å²) in [5.74, 6) is -3.81. The summed E-state index contributed by atoms with van der Waals surface area (Å²) in [6.45, 7) is 6.60. The molecule has 2 atom stereocenters. The van der Waals surface area contributed by atoms with Crippen molar-refractivity contribution in [1.82, 2.24) is 20.4 Å². The van der Waals surface area contributed by atoms with Gasteiger partial charge in [-0.05, 0) is 24.3 Å². The van der Waals surface area contributed by atoms with Crippen molar-refractivity contribution in [2.45, 2.75) is 12.3 Å². The molecule has 0 saturated heterocycles. The van der Waals surface area contributed by atoms with E-state index in [1.165, 1.54) is 12.2 Å². The number of nitrogens with zero attached hydrogens (tertiary/aromatic N) is 2. The van der Waals surface area contributed by atoms with Gasteiger partial charge in [-0.2, -0.15) is 0 Å². The molecule has 0 aliphatic carbocycles. The lowest BCUT2D eigenvalue weighted by Crippen LogP contribution is -2.49. The predicted molar refractivity (Wildman–Crippen MR) is 106 cm³/mol. The first-order chi connectivity index (χ1) is 14.8. The highest BCUT2D eigenvalue weighted by Crippen LogP contribution is 2.10. The molecule has 11 heteroatoms. The van der Waals surface area contributed by atoms with E-state index >= 15 is 0 Å². The van der Waals surface area contributed by atoms with Crippen molar-refractivity contribution < 1.29 is 33.5 Å². The summed E-state index contributed by atoms with van der Waals surface area (Å²) in [5.41, 5.74) is 0. The maximum Gasteiger partial charge on any atom is 0.255 e. The number of ether oxygens (including phenoxy) is 1. The van der Waals surface area contributed by atoms with Crippen LogP contribution in [0.5, 0.6) is 0 Å². The van der Waals surface area contributed by atoms with Crippen molar-refractivity contribution in [2.75, 3.05) is 0 Å². The Hall–Kier alpha value is -4.54. The molecule has 0 fully saturated rings. The third-order valence-electron chi connectivity index (χ3n) is 3.87. The predicted octanol–water partition coefficient (Wildman–Crippen LogP) is -0.863. The van der Waals surface area contributed by atoms with Crippen molar-refractivity contribution in [3.05, 3.63) is 74.3 Å². The number of carbonyl (C=O) groups is 6. The Labute approximate surface area is 176 Å². The number of hydrogen-bond acceptors (Lipinski definition) is 7. The third kappa shape index (κ3) is 5.73. The van der Waals surface area contributed by atoms with Crippen LogP contribution >= 0.6 is 0 Å². The number of carbonyl (C=O) groups excluding carboxylic acids is 6. The van der Waals surface area contributed by atoms with E-state index in [0.29, 0.717) is 0 Å². The van der Waals surface area contributed by atoms with Crippen LogP contribution < -0.4 is 10.6 Å². The molecule has 0 radical (unpaired) electrons. The molecule has 31 heavy (non-hydrogen) atoms. The van der Waals surface area contributed by atoms with Crippen LogP contribution in [0.15, 0.2) is 74.3 Å². The van der Waals surface area contributed by atoms with Crippen LogP contribution in [0.4, 0.5) is 0 Å². The molecule has 6 amide bonds. The minimum Gasteiger partial charge on any atom is -0.473 e. The zero-order chi connectivity index (χ0) is 23.0. The standard InChI is InChI=1S/C20H18N4O7/c1-3-15(25)21-13(23-17(27)5-6-18(23)28)9-11-31-12-10-14(22-16(26)4-2)24-19(29)7-8-20(24)30/h3-14H,1-2H2,(H,21,25)(H,22,26). The number of hydrogen-bond donors (Lipinski definition) is 2. The van der Waals surface area contributed by atoms with E-state index in [2.05, 4.69) is 23.8 Å². The fourth-order valence-electron chi connectivity index (χ4n) is 2.46. The fourth-order valence-corrected chi connectivity index (χ4v) is 2.46. The lowest BCUT2D eigenvalue weighted by molar-refractivity contribution is -0.141. The number of imide groups is 2. The summed E-state index contributed by atoms with van der Waals surface area (Å²) in [7, 11) is 0. The van der Waals surface area contributed by atoms with Crippen LogP contribution in [0.1, 0.15) is 0 Å². The maximum atomic E-state index is 11.8. The molecule has 0 spiro atoms. The van der Waals surface area contributed by atoms with Gasteiger partial charge in [0.1, 0.15) is 12.3 Å². The fraction of sp³-hybridized carbons (Fsp3) is 0.100. The Balaban J connectivity index is 2.09. The molecule has 160 valence electrons. The van der Waals surface area contributed by atoms with E-state index in [9.17, 15) is 28.8 Å². The second-order valence-corrected chi connectivity index (χ2v) is 5.87. The summed E-state index contributed by atoms with van der Waals surface area (Å²) in [5, 5.41) is 4.76. The van der Waals surface area contributed by atoms with Gasteiger partial charge in [-0.15, -0.1) is 0 Å². The molecule has 2 unspecified atom stereocenters. The zero-order valence-corrected chi connectivity index (χ0v) is 16.1. The molecule has 11 nitrogen and oxygen atoms in total. The molecule has 0 aromatic rings. The Morgan fingerprint density at radius 2 is 1.06 bits per heavy atom. The summed E-state index contributed by atoms with van der Waals surface area (Å²) < 4.78 is 5.13. The first-order valence-corrected chi connectivity index (χ1v) is 8.73. The summed E-state index contributed by atoms with van der Waals surface area (Å²) in [6.07, 6.45) is 8.35. The third-order valence-corrected chi connectivity index (χ3v) is 3.87. The van der Waals surface area contributed by atoms with Crippen molar-refractivity contribution >= 4 is 35.4 Å². The number of rotatable bonds is 10. The Morgan fingerprint density at radius 3 is 1.35 bits per heavy atom. The second kappa shape index (κ2) is 10.3. The van der Waals surface area contributed by atoms with Gasteiger partial charge in [-0.3, -0.25) is 38.6 Å². The van der Waals surface area contributed by atoms with E-state index in [-0.39, 0.29) is 0 Å². The van der Waals surface area contributed by atoms with E-state index < -0.39 is 47.8 Å². The minimum absolute atomic E-state index is 0.634. The van der Waals surface area contributed by atoms with Crippen molar-refractivity contribution in [1.29, 1.82) is 0 Å². The lowest BCUT2D eigenvalue weighted by atomic mass is 10.3. The number of amides is 6. The first-order valence-electron chi connectivity index (χ1n) is 8.73. The topological polar surface area (TPSA) is 142 Å². The van der Waals surface area contributed by atoms with Gasteiger partial charge in [0, 0.05) is 24.3 Å². The highest BCUT2D eigenvalue weighted by Gasteiger charge is 2.31. The first kappa shape index (κ1) is 22.7. The monoisotopic (exact) mass is 426 g/mol. The summed E-state index contributed by atoms with van der Waals surface area (Å²) in [4.78, 5) is 72.1. The smallest absolute Gasteiger partial charge is 0.255 e. The van der Waals surface area contributed by atoms with Crippen molar-refractivity contribution in [2.24, 2.45) is 0 Å². The van der Waals surface area contributed by atoms with Gasteiger partial charge in [0.05, 0.1) is 12.5 Å². The van der Waals surface area contributed by atoms with Crippen LogP contribution in [0.2, 0.25) is 0 Å². The van der Waals surface area contributed by atoms with Gasteiger partial charge in [0.15, 0.2) is 0 Å². The molecule has 0 saturated carbocycles. The minimum atomic E-state index is -1.16. The SMILES string of the molecule is C=CC(=O)NC(C=COC=CC(NC(=O)C=C)N1C(=O)C=CC1=O)N1C(=O)C=CC1=O. The van der Waals surface area contributed by atoms with Crippen molar-refractivity contribution in [3.63, 3.8) is 0 Å². The summed E-state index contributed by atoms with van der Waals surface area (Å²) in [6, 6.07) is 0. The van der Waals surface area contributed by atoms with Gasteiger partial charge >= 0.3 is 0 Å². The van der Waals surface area contributed by atoms with Crippen LogP contribution in [0.25, 0.3) is 0 Å². The normalized spacial score (nSPS) is 17.5. The average Bonchev–Trinajstić information content (AvgIpc) is 3.25. The quantitative estimate of drug-likeness (QED) is 0.263. The maximum absolute atomic E-state index is 11.8. The Kier molecular flexibility index (Phi) is 7.56. The molecule has 2 N–H and O–H groups in total. The Bertz CT molecular complexity index is 849. The van der Waals surface area contributed by atoms with Gasteiger partial charge in [0.25, 0.3) is 23.6 Å². The largest absolute Gasteiger partial charge is 0.473 e. The number of nitrogens with one attached hydrogen (secondary N) is 2. The van der Waals surface area contributed by atoms with E-state index in [1.54, 1.807) is 0 Å². The van der Waals surface area contributed by atoms with Crippen LogP contribution in [0.3, 0.4) is 0 Å². The molecular weight excluding hydrogens is 408 g/mol. The molecule has 2 aliphatic rings.